The molecule has 0 amide bonds. The van der Waals surface area contributed by atoms with Crippen LogP contribution in [0.5, 0.6) is 5.75 Å². The standard InChI is InChI=1S/C29H28F2O/c1-4-5-6-20-7-9-21(10-8-20)19(2)22-11-12-24-18-25(14-13-23(24)17-22)26-15-16-27(32-3)29(31)28(26)30/h7-19H,4-6H2,1-3H3. The van der Waals surface area contributed by atoms with Crippen LogP contribution in [0.1, 0.15) is 49.3 Å². The first-order valence-corrected chi connectivity index (χ1v) is 11.2. The highest BCUT2D eigenvalue weighted by Crippen LogP contribution is 2.33. The third kappa shape index (κ3) is 4.38. The van der Waals surface area contributed by atoms with Crippen molar-refractivity contribution in [3.05, 3.63) is 101 Å². The van der Waals surface area contributed by atoms with E-state index in [4.69, 9.17) is 4.74 Å². The lowest BCUT2D eigenvalue weighted by molar-refractivity contribution is 0.372. The Kier molecular flexibility index (Phi) is 6.55. The minimum absolute atomic E-state index is 0.0935. The van der Waals surface area contributed by atoms with Crippen molar-refractivity contribution in [2.24, 2.45) is 0 Å². The van der Waals surface area contributed by atoms with E-state index in [0.717, 1.165) is 17.2 Å². The van der Waals surface area contributed by atoms with Crippen molar-refractivity contribution in [3.8, 4) is 16.9 Å². The summed E-state index contributed by atoms with van der Waals surface area (Å²) < 4.78 is 33.6. The number of halogens is 2. The van der Waals surface area contributed by atoms with E-state index in [2.05, 4.69) is 56.3 Å². The van der Waals surface area contributed by atoms with Gasteiger partial charge in [-0.3, -0.25) is 0 Å². The SMILES string of the molecule is CCCCc1ccc(C(C)c2ccc3cc(-c4ccc(OC)c(F)c4F)ccc3c2)cc1. The lowest BCUT2D eigenvalue weighted by Gasteiger charge is -2.15. The summed E-state index contributed by atoms with van der Waals surface area (Å²) in [6.07, 6.45) is 3.55. The van der Waals surface area contributed by atoms with E-state index in [9.17, 15) is 8.78 Å². The second kappa shape index (κ2) is 9.52. The highest BCUT2D eigenvalue weighted by atomic mass is 19.2. The Morgan fingerprint density at radius 2 is 1.47 bits per heavy atom. The monoisotopic (exact) mass is 430 g/mol. The highest BCUT2D eigenvalue weighted by Gasteiger charge is 2.16. The normalized spacial score (nSPS) is 12.2. The van der Waals surface area contributed by atoms with E-state index in [0.29, 0.717) is 5.56 Å². The van der Waals surface area contributed by atoms with Gasteiger partial charge >= 0.3 is 0 Å². The first-order chi connectivity index (χ1) is 15.5. The smallest absolute Gasteiger partial charge is 0.201 e. The third-order valence-corrected chi connectivity index (χ3v) is 6.24. The largest absolute Gasteiger partial charge is 0.494 e. The van der Waals surface area contributed by atoms with Gasteiger partial charge in [0.05, 0.1) is 7.11 Å². The molecule has 0 saturated carbocycles. The van der Waals surface area contributed by atoms with Crippen LogP contribution >= 0.6 is 0 Å². The van der Waals surface area contributed by atoms with Gasteiger partial charge < -0.3 is 4.74 Å². The number of benzene rings is 4. The minimum Gasteiger partial charge on any atom is -0.494 e. The summed E-state index contributed by atoms with van der Waals surface area (Å²) in [5, 5.41) is 2.07. The average Bonchev–Trinajstić information content (AvgIpc) is 2.83. The number of methoxy groups -OCH3 is 1. The fraction of sp³-hybridized carbons (Fsp3) is 0.241. The maximum absolute atomic E-state index is 14.5. The molecular weight excluding hydrogens is 402 g/mol. The zero-order valence-corrected chi connectivity index (χ0v) is 18.8. The van der Waals surface area contributed by atoms with Crippen LogP contribution in [0.2, 0.25) is 0 Å². The fourth-order valence-corrected chi connectivity index (χ4v) is 4.16. The molecule has 0 aliphatic carbocycles. The minimum atomic E-state index is -0.963. The van der Waals surface area contributed by atoms with Gasteiger partial charge in [-0.25, -0.2) is 4.39 Å². The molecule has 4 aromatic carbocycles. The first kappa shape index (κ1) is 22.0. The molecule has 3 heteroatoms. The van der Waals surface area contributed by atoms with Gasteiger partial charge in [-0.15, -0.1) is 0 Å². The summed E-state index contributed by atoms with van der Waals surface area (Å²) in [4.78, 5) is 0. The summed E-state index contributed by atoms with van der Waals surface area (Å²) in [6.45, 7) is 4.43. The molecule has 0 spiro atoms. The van der Waals surface area contributed by atoms with Gasteiger partial charge in [0.25, 0.3) is 0 Å². The van der Waals surface area contributed by atoms with Crippen LogP contribution in [0.3, 0.4) is 0 Å². The first-order valence-electron chi connectivity index (χ1n) is 11.2. The summed E-state index contributed by atoms with van der Waals surface area (Å²) in [5.74, 6) is -1.68. The van der Waals surface area contributed by atoms with Crippen molar-refractivity contribution in [2.45, 2.75) is 39.0 Å². The fourth-order valence-electron chi connectivity index (χ4n) is 4.16. The van der Waals surface area contributed by atoms with E-state index in [1.807, 2.05) is 18.2 Å². The third-order valence-electron chi connectivity index (χ3n) is 6.24. The predicted octanol–water partition coefficient (Wildman–Crippen LogP) is 8.29. The van der Waals surface area contributed by atoms with Crippen molar-refractivity contribution in [2.75, 3.05) is 7.11 Å². The Morgan fingerprint density at radius 1 is 0.781 bits per heavy atom. The maximum atomic E-state index is 14.5. The molecule has 164 valence electrons. The van der Waals surface area contributed by atoms with Gasteiger partial charge in [0, 0.05) is 11.5 Å². The van der Waals surface area contributed by atoms with E-state index in [1.54, 1.807) is 6.07 Å². The molecule has 4 rings (SSSR count). The Labute approximate surface area is 188 Å². The number of hydrogen-bond acceptors (Lipinski definition) is 1. The molecule has 4 aromatic rings. The Hall–Kier alpha value is -3.20. The summed E-state index contributed by atoms with van der Waals surface area (Å²) in [6, 6.07) is 24.0. The van der Waals surface area contributed by atoms with Crippen molar-refractivity contribution >= 4 is 10.8 Å². The van der Waals surface area contributed by atoms with Crippen LogP contribution < -0.4 is 4.74 Å². The molecule has 0 aromatic heterocycles. The number of ether oxygens (including phenoxy) is 1. The van der Waals surface area contributed by atoms with Crippen molar-refractivity contribution in [3.63, 3.8) is 0 Å². The van der Waals surface area contributed by atoms with Crippen molar-refractivity contribution in [1.82, 2.24) is 0 Å². The summed E-state index contributed by atoms with van der Waals surface area (Å²) in [5.41, 5.74) is 4.77. The van der Waals surface area contributed by atoms with Crippen LogP contribution in [0, 0.1) is 11.6 Å². The summed E-state index contributed by atoms with van der Waals surface area (Å²) in [7, 11) is 1.33. The number of fused-ring (bicyclic) bond motifs is 1. The van der Waals surface area contributed by atoms with Crippen LogP contribution in [-0.4, -0.2) is 7.11 Å². The van der Waals surface area contributed by atoms with Crippen molar-refractivity contribution in [1.29, 1.82) is 0 Å². The quantitative estimate of drug-likeness (QED) is 0.287. The molecule has 0 radical (unpaired) electrons. The Balaban J connectivity index is 1.61. The predicted molar refractivity (Wildman–Crippen MR) is 128 cm³/mol. The number of rotatable bonds is 7. The molecule has 0 heterocycles. The van der Waals surface area contributed by atoms with E-state index >= 15 is 0 Å². The number of unbranched alkanes of at least 4 members (excludes halogenated alkanes) is 1. The second-order valence-corrected chi connectivity index (χ2v) is 8.33. The number of hydrogen-bond donors (Lipinski definition) is 0. The molecule has 1 nitrogen and oxygen atoms in total. The van der Waals surface area contributed by atoms with E-state index < -0.39 is 11.6 Å². The lowest BCUT2D eigenvalue weighted by atomic mass is 9.90. The molecule has 0 fully saturated rings. The van der Waals surface area contributed by atoms with Crippen molar-refractivity contribution < 1.29 is 13.5 Å². The molecule has 32 heavy (non-hydrogen) atoms. The zero-order chi connectivity index (χ0) is 22.7. The van der Waals surface area contributed by atoms with Gasteiger partial charge in [0.1, 0.15) is 0 Å². The number of aryl methyl sites for hydroxylation is 1. The molecule has 0 bridgehead atoms. The van der Waals surface area contributed by atoms with Gasteiger partial charge in [-0.1, -0.05) is 74.9 Å². The lowest BCUT2D eigenvalue weighted by Crippen LogP contribution is -1.97. The average molecular weight is 431 g/mol. The highest BCUT2D eigenvalue weighted by molar-refractivity contribution is 5.88. The Bertz CT molecular complexity index is 1230. The van der Waals surface area contributed by atoms with Gasteiger partial charge in [0.2, 0.25) is 5.82 Å². The molecule has 0 aliphatic rings. The van der Waals surface area contributed by atoms with Crippen LogP contribution in [0.25, 0.3) is 21.9 Å². The Morgan fingerprint density at radius 3 is 2.19 bits per heavy atom. The van der Waals surface area contributed by atoms with Crippen LogP contribution in [0.4, 0.5) is 8.78 Å². The van der Waals surface area contributed by atoms with Gasteiger partial charge in [-0.2, -0.15) is 4.39 Å². The molecule has 1 atom stereocenters. The molecule has 0 N–H and O–H groups in total. The molecular formula is C29H28F2O. The maximum Gasteiger partial charge on any atom is 0.201 e. The molecule has 1 unspecified atom stereocenters. The topological polar surface area (TPSA) is 9.23 Å². The van der Waals surface area contributed by atoms with Crippen LogP contribution in [0.15, 0.2) is 72.8 Å². The van der Waals surface area contributed by atoms with E-state index in [1.165, 1.54) is 42.7 Å². The summed E-state index contributed by atoms with van der Waals surface area (Å²) >= 11 is 0. The van der Waals surface area contributed by atoms with Gasteiger partial charge in [-0.05, 0) is 64.1 Å². The van der Waals surface area contributed by atoms with Crippen LogP contribution in [-0.2, 0) is 6.42 Å². The molecule has 0 saturated heterocycles. The van der Waals surface area contributed by atoms with E-state index in [-0.39, 0.29) is 17.2 Å². The molecule has 0 aliphatic heterocycles. The van der Waals surface area contributed by atoms with Gasteiger partial charge in [0.15, 0.2) is 11.6 Å². The zero-order valence-electron chi connectivity index (χ0n) is 18.8. The second-order valence-electron chi connectivity index (χ2n) is 8.33.